The van der Waals surface area contributed by atoms with Gasteiger partial charge in [0.15, 0.2) is 0 Å². The van der Waals surface area contributed by atoms with E-state index in [1.807, 2.05) is 0 Å². The van der Waals surface area contributed by atoms with Gasteiger partial charge in [-0.05, 0) is 44.3 Å². The second kappa shape index (κ2) is 5.49. The lowest BCUT2D eigenvalue weighted by Gasteiger charge is -2.29. The Balaban J connectivity index is 1.91. The predicted octanol–water partition coefficient (Wildman–Crippen LogP) is 3.58. The maximum absolute atomic E-state index is 2.62. The Bertz CT molecular complexity index is 309. The van der Waals surface area contributed by atoms with E-state index in [2.05, 4.69) is 43.0 Å². The number of nitrogens with zero attached hydrogens (tertiary/aromatic N) is 1. The molecule has 1 heteroatoms. The number of benzene rings is 1. The van der Waals surface area contributed by atoms with Crippen LogP contribution in [0.15, 0.2) is 24.3 Å². The van der Waals surface area contributed by atoms with Gasteiger partial charge in [0.25, 0.3) is 0 Å². The zero-order valence-electron chi connectivity index (χ0n) is 10.6. The normalized spacial score (nSPS) is 19.6. The van der Waals surface area contributed by atoms with Crippen molar-refractivity contribution in [3.63, 3.8) is 0 Å². The van der Waals surface area contributed by atoms with Gasteiger partial charge >= 0.3 is 0 Å². The number of aryl methyl sites for hydroxylation is 1. The SMILES string of the molecule is Cc1ccc(C(C)CN2CCCCC2)cc1. The maximum Gasteiger partial charge on any atom is 0.00476 e. The molecule has 1 fully saturated rings. The fourth-order valence-corrected chi connectivity index (χ4v) is 2.53. The summed E-state index contributed by atoms with van der Waals surface area (Å²) < 4.78 is 0. The molecule has 0 bridgehead atoms. The molecule has 2 rings (SSSR count). The minimum absolute atomic E-state index is 0.665. The van der Waals surface area contributed by atoms with Crippen LogP contribution in [-0.4, -0.2) is 24.5 Å². The summed E-state index contributed by atoms with van der Waals surface area (Å²) in [5, 5.41) is 0. The van der Waals surface area contributed by atoms with Gasteiger partial charge in [-0.2, -0.15) is 0 Å². The van der Waals surface area contributed by atoms with Crippen LogP contribution in [0.2, 0.25) is 0 Å². The third-order valence-electron chi connectivity index (χ3n) is 3.63. The van der Waals surface area contributed by atoms with E-state index in [1.165, 1.54) is 50.0 Å². The van der Waals surface area contributed by atoms with E-state index in [0.29, 0.717) is 5.92 Å². The first-order valence-electron chi connectivity index (χ1n) is 6.54. The highest BCUT2D eigenvalue weighted by atomic mass is 15.1. The van der Waals surface area contributed by atoms with Gasteiger partial charge in [0, 0.05) is 6.54 Å². The summed E-state index contributed by atoms with van der Waals surface area (Å²) in [6, 6.07) is 9.01. The van der Waals surface area contributed by atoms with Crippen LogP contribution in [0.4, 0.5) is 0 Å². The molecule has 1 atom stereocenters. The predicted molar refractivity (Wildman–Crippen MR) is 69.9 cm³/mol. The Morgan fingerprint density at radius 3 is 2.31 bits per heavy atom. The average molecular weight is 217 g/mol. The first-order chi connectivity index (χ1) is 7.75. The fraction of sp³-hybridized carbons (Fsp3) is 0.600. The van der Waals surface area contributed by atoms with Gasteiger partial charge in [-0.25, -0.2) is 0 Å². The summed E-state index contributed by atoms with van der Waals surface area (Å²) in [4.78, 5) is 2.62. The number of hydrogen-bond acceptors (Lipinski definition) is 1. The van der Waals surface area contributed by atoms with Crippen molar-refractivity contribution in [1.29, 1.82) is 0 Å². The Morgan fingerprint density at radius 1 is 1.06 bits per heavy atom. The van der Waals surface area contributed by atoms with Gasteiger partial charge in [0.1, 0.15) is 0 Å². The van der Waals surface area contributed by atoms with E-state index in [9.17, 15) is 0 Å². The summed E-state index contributed by atoms with van der Waals surface area (Å²) in [5.41, 5.74) is 2.84. The summed E-state index contributed by atoms with van der Waals surface area (Å²) in [6.07, 6.45) is 4.21. The molecule has 0 amide bonds. The van der Waals surface area contributed by atoms with E-state index in [-0.39, 0.29) is 0 Å². The maximum atomic E-state index is 2.62. The number of hydrogen-bond donors (Lipinski definition) is 0. The third kappa shape index (κ3) is 3.08. The zero-order valence-corrected chi connectivity index (χ0v) is 10.6. The molecule has 1 aromatic carbocycles. The number of likely N-dealkylation sites (tertiary alicyclic amines) is 1. The molecule has 16 heavy (non-hydrogen) atoms. The molecule has 0 saturated carbocycles. The van der Waals surface area contributed by atoms with Gasteiger partial charge < -0.3 is 4.90 Å². The Kier molecular flexibility index (Phi) is 4.00. The lowest BCUT2D eigenvalue weighted by Crippen LogP contribution is -2.32. The van der Waals surface area contributed by atoms with Crippen LogP contribution in [-0.2, 0) is 0 Å². The molecule has 0 aromatic heterocycles. The molecule has 1 aromatic rings. The third-order valence-corrected chi connectivity index (χ3v) is 3.63. The van der Waals surface area contributed by atoms with Crippen molar-refractivity contribution in [3.8, 4) is 0 Å². The van der Waals surface area contributed by atoms with Crippen molar-refractivity contribution in [2.24, 2.45) is 0 Å². The monoisotopic (exact) mass is 217 g/mol. The second-order valence-electron chi connectivity index (χ2n) is 5.17. The Morgan fingerprint density at radius 2 is 1.69 bits per heavy atom. The molecule has 0 spiro atoms. The fourth-order valence-electron chi connectivity index (χ4n) is 2.53. The molecule has 1 heterocycles. The molecule has 88 valence electrons. The minimum atomic E-state index is 0.665. The highest BCUT2D eigenvalue weighted by molar-refractivity contribution is 5.24. The molecular formula is C15H23N. The molecule has 0 N–H and O–H groups in total. The van der Waals surface area contributed by atoms with Crippen LogP contribution in [0.3, 0.4) is 0 Å². The van der Waals surface area contributed by atoms with E-state index < -0.39 is 0 Å². The zero-order chi connectivity index (χ0) is 11.4. The van der Waals surface area contributed by atoms with Crippen LogP contribution in [0.5, 0.6) is 0 Å². The molecule has 0 aliphatic carbocycles. The van der Waals surface area contributed by atoms with Crippen molar-refractivity contribution in [2.75, 3.05) is 19.6 Å². The van der Waals surface area contributed by atoms with Crippen LogP contribution in [0.1, 0.15) is 43.2 Å². The lowest BCUT2D eigenvalue weighted by atomic mass is 9.98. The molecule has 1 nitrogen and oxygen atoms in total. The average Bonchev–Trinajstić information content (AvgIpc) is 2.31. The molecule has 0 radical (unpaired) electrons. The summed E-state index contributed by atoms with van der Waals surface area (Å²) in [6.45, 7) is 8.33. The van der Waals surface area contributed by atoms with Gasteiger partial charge in [-0.3, -0.25) is 0 Å². The van der Waals surface area contributed by atoms with Gasteiger partial charge in [-0.1, -0.05) is 43.2 Å². The van der Waals surface area contributed by atoms with Crippen molar-refractivity contribution in [3.05, 3.63) is 35.4 Å². The van der Waals surface area contributed by atoms with Crippen molar-refractivity contribution >= 4 is 0 Å². The quantitative estimate of drug-likeness (QED) is 0.748. The lowest BCUT2D eigenvalue weighted by molar-refractivity contribution is 0.219. The highest BCUT2D eigenvalue weighted by Crippen LogP contribution is 2.19. The van der Waals surface area contributed by atoms with E-state index in [0.717, 1.165) is 0 Å². The standard InChI is InChI=1S/C15H23N/c1-13-6-8-15(9-7-13)14(2)12-16-10-4-3-5-11-16/h6-9,14H,3-5,10-12H2,1-2H3. The number of rotatable bonds is 3. The van der Waals surface area contributed by atoms with Gasteiger partial charge in [0.2, 0.25) is 0 Å². The van der Waals surface area contributed by atoms with Crippen LogP contribution in [0, 0.1) is 6.92 Å². The van der Waals surface area contributed by atoms with Crippen LogP contribution >= 0.6 is 0 Å². The van der Waals surface area contributed by atoms with Crippen molar-refractivity contribution < 1.29 is 0 Å². The van der Waals surface area contributed by atoms with Crippen molar-refractivity contribution in [2.45, 2.75) is 39.0 Å². The Labute approximate surface area is 99.5 Å². The van der Waals surface area contributed by atoms with E-state index in [1.54, 1.807) is 0 Å². The molecule has 1 aliphatic rings. The topological polar surface area (TPSA) is 3.24 Å². The highest BCUT2D eigenvalue weighted by Gasteiger charge is 2.14. The van der Waals surface area contributed by atoms with Gasteiger partial charge in [0.05, 0.1) is 0 Å². The Hall–Kier alpha value is -0.820. The molecule has 1 saturated heterocycles. The molecule has 1 aliphatic heterocycles. The van der Waals surface area contributed by atoms with Crippen LogP contribution < -0.4 is 0 Å². The first kappa shape index (κ1) is 11.7. The summed E-state index contributed by atoms with van der Waals surface area (Å²) >= 11 is 0. The minimum Gasteiger partial charge on any atom is -0.303 e. The first-order valence-corrected chi connectivity index (χ1v) is 6.54. The van der Waals surface area contributed by atoms with Gasteiger partial charge in [-0.15, -0.1) is 0 Å². The largest absolute Gasteiger partial charge is 0.303 e. The molecule has 1 unspecified atom stereocenters. The molecular weight excluding hydrogens is 194 g/mol. The van der Waals surface area contributed by atoms with E-state index in [4.69, 9.17) is 0 Å². The summed E-state index contributed by atoms with van der Waals surface area (Å²) in [7, 11) is 0. The number of piperidine rings is 1. The smallest absolute Gasteiger partial charge is 0.00476 e. The second-order valence-corrected chi connectivity index (χ2v) is 5.17. The van der Waals surface area contributed by atoms with Crippen LogP contribution in [0.25, 0.3) is 0 Å². The summed E-state index contributed by atoms with van der Waals surface area (Å²) in [5.74, 6) is 0.665. The van der Waals surface area contributed by atoms with E-state index >= 15 is 0 Å². The van der Waals surface area contributed by atoms with Crippen molar-refractivity contribution in [1.82, 2.24) is 4.90 Å².